The van der Waals surface area contributed by atoms with E-state index in [-0.39, 0.29) is 16.4 Å². The minimum atomic E-state index is -1.27. The fraction of sp³-hybridized carbons (Fsp3) is 0.105. The molecule has 0 fully saturated rings. The number of nitro groups is 1. The van der Waals surface area contributed by atoms with Gasteiger partial charge in [-0.15, -0.1) is 11.3 Å². The number of rotatable bonds is 6. The lowest BCUT2D eigenvalue weighted by Gasteiger charge is -2.12. The SMILES string of the molecule is CC(OC(=O)c1cc(F)cc(F)c1)C(=O)Nc1nc(-c2cccc([N+](=O)[O-])c2)cs1. The molecule has 0 aliphatic heterocycles. The average Bonchev–Trinajstić information content (AvgIpc) is 3.15. The quantitative estimate of drug-likeness (QED) is 0.355. The molecule has 0 bridgehead atoms. The van der Waals surface area contributed by atoms with E-state index in [0.717, 1.165) is 23.5 Å². The van der Waals surface area contributed by atoms with Gasteiger partial charge in [-0.05, 0) is 19.1 Å². The molecule has 0 radical (unpaired) electrons. The molecule has 11 heteroatoms. The van der Waals surface area contributed by atoms with Gasteiger partial charge in [-0.25, -0.2) is 18.6 Å². The summed E-state index contributed by atoms with van der Waals surface area (Å²) in [5, 5.41) is 15.1. The summed E-state index contributed by atoms with van der Waals surface area (Å²) < 4.78 is 31.4. The Bertz CT molecular complexity index is 1110. The molecule has 1 unspecified atom stereocenters. The zero-order chi connectivity index (χ0) is 21.8. The second-order valence-corrected chi connectivity index (χ2v) is 6.90. The molecule has 1 atom stereocenters. The highest BCUT2D eigenvalue weighted by Gasteiger charge is 2.21. The number of carbonyl (C=O) groups excluding carboxylic acids is 2. The van der Waals surface area contributed by atoms with Crippen LogP contribution < -0.4 is 5.32 Å². The third kappa shape index (κ3) is 5.00. The monoisotopic (exact) mass is 433 g/mol. The van der Waals surface area contributed by atoms with E-state index in [1.54, 1.807) is 11.4 Å². The lowest BCUT2D eigenvalue weighted by Crippen LogP contribution is -2.30. The maximum atomic E-state index is 13.2. The van der Waals surface area contributed by atoms with E-state index < -0.39 is 34.5 Å². The van der Waals surface area contributed by atoms with Gasteiger partial charge in [0.25, 0.3) is 11.6 Å². The number of esters is 1. The molecule has 8 nitrogen and oxygen atoms in total. The van der Waals surface area contributed by atoms with E-state index in [9.17, 15) is 28.5 Å². The standard InChI is InChI=1S/C19H13F2N3O5S/c1-10(29-18(26)12-5-13(20)8-14(21)6-12)17(25)23-19-22-16(9-30-19)11-3-2-4-15(7-11)24(27)28/h2-10H,1H3,(H,22,23,25). The predicted molar refractivity (Wildman–Crippen MR) is 104 cm³/mol. The Hall–Kier alpha value is -3.73. The first-order chi connectivity index (χ1) is 14.2. The maximum Gasteiger partial charge on any atom is 0.339 e. The van der Waals surface area contributed by atoms with Crippen molar-refractivity contribution in [1.82, 2.24) is 4.98 Å². The summed E-state index contributed by atoms with van der Waals surface area (Å²) in [4.78, 5) is 38.8. The lowest BCUT2D eigenvalue weighted by molar-refractivity contribution is -0.384. The van der Waals surface area contributed by atoms with Crippen LogP contribution in [-0.2, 0) is 9.53 Å². The Morgan fingerprint density at radius 2 is 1.90 bits per heavy atom. The number of nitrogens with zero attached hydrogens (tertiary/aromatic N) is 2. The van der Waals surface area contributed by atoms with Crippen molar-refractivity contribution in [2.45, 2.75) is 13.0 Å². The maximum absolute atomic E-state index is 13.2. The molecule has 1 heterocycles. The zero-order valence-corrected chi connectivity index (χ0v) is 16.1. The summed E-state index contributed by atoms with van der Waals surface area (Å²) in [5.74, 6) is -3.67. The zero-order valence-electron chi connectivity index (χ0n) is 15.3. The van der Waals surface area contributed by atoms with E-state index in [2.05, 4.69) is 10.3 Å². The first-order valence-electron chi connectivity index (χ1n) is 8.41. The van der Waals surface area contributed by atoms with E-state index in [1.165, 1.54) is 25.1 Å². The highest BCUT2D eigenvalue weighted by molar-refractivity contribution is 7.14. The van der Waals surface area contributed by atoms with Crippen molar-refractivity contribution in [3.05, 3.63) is 75.2 Å². The van der Waals surface area contributed by atoms with Crippen LogP contribution in [0.25, 0.3) is 11.3 Å². The Balaban J connectivity index is 1.65. The van der Waals surface area contributed by atoms with E-state index in [0.29, 0.717) is 17.3 Å². The Kier molecular flexibility index (Phi) is 6.11. The van der Waals surface area contributed by atoms with Crippen molar-refractivity contribution in [1.29, 1.82) is 0 Å². The number of hydrogen-bond acceptors (Lipinski definition) is 7. The van der Waals surface area contributed by atoms with E-state index in [1.807, 2.05) is 0 Å². The molecule has 154 valence electrons. The Labute approximate surface area is 172 Å². The molecular formula is C19H13F2N3O5S. The molecule has 0 saturated heterocycles. The van der Waals surface area contributed by atoms with Crippen molar-refractivity contribution in [3.63, 3.8) is 0 Å². The molecule has 0 spiro atoms. The van der Waals surface area contributed by atoms with Crippen LogP contribution in [0.3, 0.4) is 0 Å². The van der Waals surface area contributed by atoms with Crippen molar-refractivity contribution in [3.8, 4) is 11.3 Å². The first-order valence-corrected chi connectivity index (χ1v) is 9.29. The molecule has 0 saturated carbocycles. The lowest BCUT2D eigenvalue weighted by atomic mass is 10.1. The van der Waals surface area contributed by atoms with Crippen molar-refractivity contribution >= 4 is 34.0 Å². The number of benzene rings is 2. The number of amides is 1. The number of carbonyl (C=O) groups is 2. The van der Waals surface area contributed by atoms with Gasteiger partial charge in [-0.2, -0.15) is 0 Å². The highest BCUT2D eigenvalue weighted by Crippen LogP contribution is 2.27. The number of nitrogens with one attached hydrogen (secondary N) is 1. The number of non-ortho nitro benzene ring substituents is 1. The molecule has 0 aliphatic carbocycles. The van der Waals surface area contributed by atoms with Gasteiger partial charge in [0.05, 0.1) is 16.2 Å². The van der Waals surface area contributed by atoms with Gasteiger partial charge >= 0.3 is 5.97 Å². The summed E-state index contributed by atoms with van der Waals surface area (Å²) >= 11 is 1.07. The van der Waals surface area contributed by atoms with Crippen molar-refractivity contribution < 1.29 is 28.0 Å². The van der Waals surface area contributed by atoms with Crippen LogP contribution in [0.5, 0.6) is 0 Å². The number of ether oxygens (including phenoxy) is 1. The second kappa shape index (κ2) is 8.74. The average molecular weight is 433 g/mol. The summed E-state index contributed by atoms with van der Waals surface area (Å²) in [6.45, 7) is 1.29. The van der Waals surface area contributed by atoms with Gasteiger partial charge in [0.15, 0.2) is 11.2 Å². The molecule has 2 aromatic carbocycles. The number of aromatic nitrogens is 1. The number of anilines is 1. The summed E-state index contributed by atoms with van der Waals surface area (Å²) in [6, 6.07) is 8.04. The third-order valence-electron chi connectivity index (χ3n) is 3.84. The molecule has 1 N–H and O–H groups in total. The smallest absolute Gasteiger partial charge is 0.339 e. The summed E-state index contributed by atoms with van der Waals surface area (Å²) in [7, 11) is 0. The minimum Gasteiger partial charge on any atom is -0.449 e. The van der Waals surface area contributed by atoms with Gasteiger partial charge in [0, 0.05) is 29.1 Å². The third-order valence-corrected chi connectivity index (χ3v) is 4.60. The molecule has 3 rings (SSSR count). The minimum absolute atomic E-state index is 0.0968. The molecule has 1 aromatic heterocycles. The van der Waals surface area contributed by atoms with E-state index >= 15 is 0 Å². The van der Waals surface area contributed by atoms with Crippen LogP contribution >= 0.6 is 11.3 Å². The van der Waals surface area contributed by atoms with Crippen LogP contribution in [0.15, 0.2) is 47.8 Å². The van der Waals surface area contributed by atoms with Gasteiger partial charge in [-0.1, -0.05) is 12.1 Å². The van der Waals surface area contributed by atoms with E-state index in [4.69, 9.17) is 4.74 Å². The summed E-state index contributed by atoms with van der Waals surface area (Å²) in [5.41, 5.74) is 0.446. The molecule has 1 amide bonds. The van der Waals surface area contributed by atoms with Crippen LogP contribution in [0.4, 0.5) is 19.6 Å². The Morgan fingerprint density at radius 3 is 2.57 bits per heavy atom. The molecule has 3 aromatic rings. The fourth-order valence-electron chi connectivity index (χ4n) is 2.40. The number of halogens is 2. The largest absolute Gasteiger partial charge is 0.449 e. The topological polar surface area (TPSA) is 111 Å². The van der Waals surface area contributed by atoms with Gasteiger partial charge in [0.1, 0.15) is 11.6 Å². The fourth-order valence-corrected chi connectivity index (χ4v) is 3.13. The predicted octanol–water partition coefficient (Wildman–Crippen LogP) is 4.18. The molecule has 30 heavy (non-hydrogen) atoms. The molecular weight excluding hydrogens is 420 g/mol. The van der Waals surface area contributed by atoms with Crippen molar-refractivity contribution in [2.75, 3.05) is 5.32 Å². The number of thiazole rings is 1. The van der Waals surface area contributed by atoms with Gasteiger partial charge in [0.2, 0.25) is 0 Å². The van der Waals surface area contributed by atoms with Crippen LogP contribution in [0.1, 0.15) is 17.3 Å². The number of hydrogen-bond donors (Lipinski definition) is 1. The van der Waals surface area contributed by atoms with Gasteiger partial charge < -0.3 is 4.74 Å². The van der Waals surface area contributed by atoms with Crippen LogP contribution in [0, 0.1) is 21.7 Å². The summed E-state index contributed by atoms with van der Waals surface area (Å²) in [6.07, 6.45) is -1.27. The number of nitro benzene ring substituents is 1. The Morgan fingerprint density at radius 1 is 1.20 bits per heavy atom. The first kappa shape index (κ1) is 21.0. The molecule has 0 aliphatic rings. The van der Waals surface area contributed by atoms with Crippen LogP contribution in [0.2, 0.25) is 0 Å². The van der Waals surface area contributed by atoms with Crippen molar-refractivity contribution in [2.24, 2.45) is 0 Å². The second-order valence-electron chi connectivity index (χ2n) is 6.04. The van der Waals surface area contributed by atoms with Crippen LogP contribution in [-0.4, -0.2) is 27.9 Å². The normalized spacial score (nSPS) is 11.6. The van der Waals surface area contributed by atoms with Gasteiger partial charge in [-0.3, -0.25) is 20.2 Å². The highest BCUT2D eigenvalue weighted by atomic mass is 32.1.